The van der Waals surface area contributed by atoms with Crippen molar-refractivity contribution in [3.63, 3.8) is 0 Å². The van der Waals surface area contributed by atoms with E-state index in [1.807, 2.05) is 0 Å². The maximum atomic E-state index is 12.9. The Morgan fingerprint density at radius 2 is 1.80 bits per heavy atom. The van der Waals surface area contributed by atoms with Crippen LogP contribution in [-0.4, -0.2) is 23.5 Å². The molecule has 1 atom stereocenters. The van der Waals surface area contributed by atoms with Gasteiger partial charge in [-0.25, -0.2) is 4.79 Å². The third-order valence-corrected chi connectivity index (χ3v) is 4.29. The first kappa shape index (κ1) is 20.7. The Morgan fingerprint density at radius 3 is 2.37 bits per heavy atom. The summed E-state index contributed by atoms with van der Waals surface area (Å²) < 4.78 is 29.0. The molecule has 0 saturated carbocycles. The summed E-state index contributed by atoms with van der Waals surface area (Å²) in [5.41, 5.74) is 1.16. The van der Waals surface area contributed by atoms with Gasteiger partial charge in [-0.05, 0) is 36.8 Å². The number of nitrogens with zero attached hydrogens (tertiary/aromatic N) is 1. The van der Waals surface area contributed by atoms with Gasteiger partial charge >= 0.3 is 12.6 Å². The van der Waals surface area contributed by atoms with E-state index in [2.05, 4.69) is 20.7 Å². The molecule has 1 aliphatic rings. The van der Waals surface area contributed by atoms with Gasteiger partial charge in [-0.1, -0.05) is 12.1 Å². The van der Waals surface area contributed by atoms with Gasteiger partial charge in [0, 0.05) is 23.5 Å². The van der Waals surface area contributed by atoms with Gasteiger partial charge in [-0.2, -0.15) is 8.78 Å². The molecule has 0 aliphatic carbocycles. The number of benzene rings is 2. The molecule has 0 bridgehead atoms. The van der Waals surface area contributed by atoms with Crippen molar-refractivity contribution in [1.82, 2.24) is 10.6 Å². The van der Waals surface area contributed by atoms with Crippen molar-refractivity contribution in [2.24, 2.45) is 0 Å². The molecule has 2 aromatic rings. The van der Waals surface area contributed by atoms with Gasteiger partial charge in [0.25, 0.3) is 11.6 Å². The summed E-state index contributed by atoms with van der Waals surface area (Å²) in [6, 6.07) is 9.40. The molecule has 0 saturated heterocycles. The number of hydrogen-bond donors (Lipinski definition) is 3. The second kappa shape index (κ2) is 8.55. The lowest BCUT2D eigenvalue weighted by molar-refractivity contribution is -0.384. The van der Waals surface area contributed by atoms with Crippen LogP contribution in [0.15, 0.2) is 59.8 Å². The second-order valence-corrected chi connectivity index (χ2v) is 6.28. The van der Waals surface area contributed by atoms with E-state index >= 15 is 0 Å². The zero-order valence-electron chi connectivity index (χ0n) is 15.5. The quantitative estimate of drug-likeness (QED) is 0.490. The number of urea groups is 1. The summed E-state index contributed by atoms with van der Waals surface area (Å²) in [6.45, 7) is -1.43. The number of alkyl halides is 2. The van der Waals surface area contributed by atoms with Crippen molar-refractivity contribution >= 4 is 23.3 Å². The third kappa shape index (κ3) is 4.69. The number of rotatable bonds is 6. The Labute approximate surface area is 168 Å². The molecule has 0 aromatic heterocycles. The van der Waals surface area contributed by atoms with Crippen LogP contribution in [0.4, 0.5) is 25.0 Å². The molecule has 3 N–H and O–H groups in total. The van der Waals surface area contributed by atoms with Crippen LogP contribution in [0.5, 0.6) is 5.75 Å². The number of nitro benzene ring substituents is 1. The number of anilines is 1. The summed E-state index contributed by atoms with van der Waals surface area (Å²) in [6.07, 6.45) is 0. The van der Waals surface area contributed by atoms with Crippen molar-refractivity contribution < 1.29 is 28.0 Å². The number of carbonyl (C=O) groups is 2. The van der Waals surface area contributed by atoms with E-state index in [4.69, 9.17) is 0 Å². The van der Waals surface area contributed by atoms with Gasteiger partial charge in [-0.3, -0.25) is 14.9 Å². The van der Waals surface area contributed by atoms with Gasteiger partial charge in [0.2, 0.25) is 0 Å². The highest BCUT2D eigenvalue weighted by molar-refractivity contribution is 6.06. The molecule has 0 unspecified atom stereocenters. The minimum atomic E-state index is -2.97. The lowest BCUT2D eigenvalue weighted by Crippen LogP contribution is -2.45. The molecule has 1 aliphatic heterocycles. The van der Waals surface area contributed by atoms with Crippen LogP contribution in [0, 0.1) is 10.1 Å². The maximum absolute atomic E-state index is 12.9. The first-order valence-electron chi connectivity index (χ1n) is 8.63. The van der Waals surface area contributed by atoms with Gasteiger partial charge in [0.15, 0.2) is 0 Å². The summed E-state index contributed by atoms with van der Waals surface area (Å²) in [5, 5.41) is 18.5. The van der Waals surface area contributed by atoms with Crippen molar-refractivity contribution in [3.05, 3.63) is 75.5 Å². The summed E-state index contributed by atoms with van der Waals surface area (Å²) in [5.74, 6) is -0.613. The Balaban J connectivity index is 1.85. The molecule has 3 rings (SSSR count). The van der Waals surface area contributed by atoms with Crippen LogP contribution in [0.3, 0.4) is 0 Å². The molecule has 0 fully saturated rings. The summed E-state index contributed by atoms with van der Waals surface area (Å²) in [7, 11) is 0. The SMILES string of the molecule is CC1=C(C(=O)Nc2ccc([N+](=O)[O-])cc2)[C@H](c2ccc(OC(F)F)cc2)NC(=O)N1. The van der Waals surface area contributed by atoms with Crippen LogP contribution < -0.4 is 20.7 Å². The van der Waals surface area contributed by atoms with E-state index in [1.165, 1.54) is 48.5 Å². The molecular weight excluding hydrogens is 402 g/mol. The van der Waals surface area contributed by atoms with Crippen LogP contribution in [0.25, 0.3) is 0 Å². The minimum Gasteiger partial charge on any atom is -0.435 e. The summed E-state index contributed by atoms with van der Waals surface area (Å²) >= 11 is 0. The van der Waals surface area contributed by atoms with Gasteiger partial charge < -0.3 is 20.7 Å². The molecule has 11 heteroatoms. The third-order valence-electron chi connectivity index (χ3n) is 4.29. The average molecular weight is 418 g/mol. The Bertz CT molecular complexity index is 1010. The topological polar surface area (TPSA) is 123 Å². The number of ether oxygens (including phenoxy) is 1. The number of nitro groups is 1. The average Bonchev–Trinajstić information content (AvgIpc) is 2.67. The fourth-order valence-electron chi connectivity index (χ4n) is 2.95. The van der Waals surface area contributed by atoms with Crippen LogP contribution in [0.2, 0.25) is 0 Å². The van der Waals surface area contributed by atoms with E-state index in [1.54, 1.807) is 6.92 Å². The first-order valence-corrected chi connectivity index (χ1v) is 8.63. The predicted octanol–water partition coefficient (Wildman–Crippen LogP) is 3.46. The van der Waals surface area contributed by atoms with Crippen molar-refractivity contribution in [2.45, 2.75) is 19.6 Å². The standard InChI is InChI=1S/C19H16F2N4O5/c1-10-15(17(26)23-12-4-6-13(7-5-12)25(28)29)16(24-19(27)22-10)11-2-8-14(9-3-11)30-18(20)21/h2-9,16,18H,1H3,(H,23,26)(H2,22,24,27)/t16-/m0/s1. The molecule has 9 nitrogen and oxygen atoms in total. The molecular formula is C19H16F2N4O5. The van der Waals surface area contributed by atoms with Crippen LogP contribution in [-0.2, 0) is 4.79 Å². The van der Waals surface area contributed by atoms with Gasteiger partial charge in [-0.15, -0.1) is 0 Å². The highest BCUT2D eigenvalue weighted by atomic mass is 19.3. The smallest absolute Gasteiger partial charge is 0.387 e. The Morgan fingerprint density at radius 1 is 1.17 bits per heavy atom. The highest BCUT2D eigenvalue weighted by Gasteiger charge is 2.31. The van der Waals surface area contributed by atoms with Crippen molar-refractivity contribution in [2.75, 3.05) is 5.32 Å². The predicted molar refractivity (Wildman–Crippen MR) is 102 cm³/mol. The largest absolute Gasteiger partial charge is 0.435 e. The number of nitrogens with one attached hydrogen (secondary N) is 3. The van der Waals surface area contributed by atoms with E-state index in [0.717, 1.165) is 0 Å². The Kier molecular flexibility index (Phi) is 5.90. The number of halogens is 2. The van der Waals surface area contributed by atoms with E-state index < -0.39 is 29.5 Å². The van der Waals surface area contributed by atoms with E-state index in [-0.39, 0.29) is 17.0 Å². The Hall–Kier alpha value is -4.02. The maximum Gasteiger partial charge on any atom is 0.387 e. The van der Waals surface area contributed by atoms with Crippen molar-refractivity contribution in [3.8, 4) is 5.75 Å². The molecule has 30 heavy (non-hydrogen) atoms. The fraction of sp³-hybridized carbons (Fsp3) is 0.158. The van der Waals surface area contributed by atoms with Gasteiger partial charge in [0.05, 0.1) is 16.5 Å². The second-order valence-electron chi connectivity index (χ2n) is 6.28. The molecule has 0 spiro atoms. The van der Waals surface area contributed by atoms with Crippen molar-refractivity contribution in [1.29, 1.82) is 0 Å². The van der Waals surface area contributed by atoms with E-state index in [9.17, 15) is 28.5 Å². The number of amides is 3. The molecule has 156 valence electrons. The number of non-ortho nitro benzene ring substituents is 1. The normalized spacial score (nSPS) is 16.0. The molecule has 0 radical (unpaired) electrons. The van der Waals surface area contributed by atoms with Crippen LogP contribution in [0.1, 0.15) is 18.5 Å². The lowest BCUT2D eigenvalue weighted by atomic mass is 9.94. The number of carbonyl (C=O) groups excluding carboxylic acids is 2. The van der Waals surface area contributed by atoms with E-state index in [0.29, 0.717) is 16.9 Å². The van der Waals surface area contributed by atoms with Crippen LogP contribution >= 0.6 is 0 Å². The molecule has 3 amide bonds. The van der Waals surface area contributed by atoms with Gasteiger partial charge in [0.1, 0.15) is 5.75 Å². The summed E-state index contributed by atoms with van der Waals surface area (Å²) in [4.78, 5) is 35.0. The number of hydrogen-bond acceptors (Lipinski definition) is 5. The first-order chi connectivity index (χ1) is 14.2. The lowest BCUT2D eigenvalue weighted by Gasteiger charge is -2.28. The number of allylic oxidation sites excluding steroid dienone is 1. The monoisotopic (exact) mass is 418 g/mol. The highest BCUT2D eigenvalue weighted by Crippen LogP contribution is 2.29. The zero-order chi connectivity index (χ0) is 21.8. The molecule has 1 heterocycles. The zero-order valence-corrected chi connectivity index (χ0v) is 15.5. The minimum absolute atomic E-state index is 0.0633. The molecule has 2 aromatic carbocycles. The fourth-order valence-corrected chi connectivity index (χ4v) is 2.95.